The molecule has 0 saturated heterocycles. The Morgan fingerprint density at radius 2 is 1.00 bits per heavy atom. The third kappa shape index (κ3) is 4.54. The van der Waals surface area contributed by atoms with Gasteiger partial charge in [0, 0.05) is 61.0 Å². The fourth-order valence-electron chi connectivity index (χ4n) is 7.11. The van der Waals surface area contributed by atoms with Crippen LogP contribution in [0.1, 0.15) is 0 Å². The van der Waals surface area contributed by atoms with E-state index in [0.29, 0.717) is 17.5 Å². The maximum absolute atomic E-state index is 5.15. The largest absolute Gasteiger partial charge is 0.308 e. The summed E-state index contributed by atoms with van der Waals surface area (Å²) in [4.78, 5) is 19.6. The van der Waals surface area contributed by atoms with Crippen LogP contribution < -0.4 is 0 Å². The second-order valence-corrected chi connectivity index (χ2v) is 13.3. The first-order chi connectivity index (χ1) is 24.8. The molecule has 5 nitrogen and oxygen atoms in total. The predicted octanol–water partition coefficient (Wildman–Crippen LogP) is 11.4. The number of pyridine rings is 1. The molecule has 0 radical (unpaired) electrons. The van der Waals surface area contributed by atoms with Crippen LogP contribution >= 0.6 is 11.3 Å². The van der Waals surface area contributed by atoms with Gasteiger partial charge >= 0.3 is 0 Å². The zero-order valence-corrected chi connectivity index (χ0v) is 27.5. The molecule has 0 aliphatic carbocycles. The third-order valence-electron chi connectivity index (χ3n) is 9.37. The van der Waals surface area contributed by atoms with Crippen molar-refractivity contribution in [3.05, 3.63) is 164 Å². The van der Waals surface area contributed by atoms with E-state index < -0.39 is 0 Å². The van der Waals surface area contributed by atoms with Gasteiger partial charge in [0.2, 0.25) is 0 Å². The lowest BCUT2D eigenvalue weighted by Crippen LogP contribution is -2.00. The Balaban J connectivity index is 1.34. The summed E-state index contributed by atoms with van der Waals surface area (Å²) < 4.78 is 4.77. The lowest BCUT2D eigenvalue weighted by atomic mass is 9.97. The molecule has 0 amide bonds. The normalized spacial score (nSPS) is 11.6. The van der Waals surface area contributed by atoms with E-state index >= 15 is 0 Å². The van der Waals surface area contributed by atoms with Crippen molar-refractivity contribution >= 4 is 53.3 Å². The molecule has 0 N–H and O–H groups in total. The monoisotopic (exact) mass is 657 g/mol. The highest BCUT2D eigenvalue weighted by molar-refractivity contribution is 7.27. The van der Waals surface area contributed by atoms with E-state index in [9.17, 15) is 0 Å². The fourth-order valence-corrected chi connectivity index (χ4v) is 8.48. The predicted molar refractivity (Wildman–Crippen MR) is 207 cm³/mol. The summed E-state index contributed by atoms with van der Waals surface area (Å²) in [5, 5.41) is 4.85. The van der Waals surface area contributed by atoms with Gasteiger partial charge in [-0.25, -0.2) is 15.0 Å². The molecule has 0 unspecified atom stereocenters. The van der Waals surface area contributed by atoms with Crippen molar-refractivity contribution in [1.29, 1.82) is 0 Å². The number of para-hydroxylation sites is 2. The van der Waals surface area contributed by atoms with Gasteiger partial charge in [0.05, 0.1) is 15.7 Å². The lowest BCUT2D eigenvalue weighted by molar-refractivity contribution is 1.08. The van der Waals surface area contributed by atoms with Crippen LogP contribution in [0, 0.1) is 0 Å². The van der Waals surface area contributed by atoms with Gasteiger partial charge < -0.3 is 4.57 Å². The molecular weight excluding hydrogens is 631 g/mol. The van der Waals surface area contributed by atoms with E-state index in [-0.39, 0.29) is 0 Å². The lowest BCUT2D eigenvalue weighted by Gasteiger charge is -2.11. The fraction of sp³-hybridized carbons (Fsp3) is 0. The van der Waals surface area contributed by atoms with Crippen molar-refractivity contribution in [3.63, 3.8) is 0 Å². The summed E-state index contributed by atoms with van der Waals surface area (Å²) in [6, 6.07) is 52.8. The van der Waals surface area contributed by atoms with E-state index in [1.807, 2.05) is 60.1 Å². The van der Waals surface area contributed by atoms with E-state index in [1.54, 1.807) is 0 Å². The average molecular weight is 658 g/mol. The Labute approximate surface area is 291 Å². The van der Waals surface area contributed by atoms with Crippen LogP contribution in [0.5, 0.6) is 0 Å². The SMILES string of the molecule is c1ccc(-c2nc(-c3ccccc3)nc(-c3ccc(-c4ccncc4)c4c3sc3c4ccc4c5ccccc5n(-c5ccccc5)c43)n2)cc1. The number of nitrogens with zero attached hydrogens (tertiary/aromatic N) is 5. The first-order valence-corrected chi connectivity index (χ1v) is 17.4. The van der Waals surface area contributed by atoms with E-state index in [2.05, 4.69) is 125 Å². The Hall–Kier alpha value is -6.50. The Morgan fingerprint density at radius 3 is 1.70 bits per heavy atom. The number of hydrogen-bond donors (Lipinski definition) is 0. The highest BCUT2D eigenvalue weighted by Crippen LogP contribution is 2.48. The van der Waals surface area contributed by atoms with E-state index in [1.165, 1.54) is 37.3 Å². The first-order valence-electron chi connectivity index (χ1n) is 16.6. The van der Waals surface area contributed by atoms with E-state index in [0.717, 1.165) is 38.2 Å². The van der Waals surface area contributed by atoms with Gasteiger partial charge in [-0.1, -0.05) is 115 Å². The minimum absolute atomic E-state index is 0.647. The van der Waals surface area contributed by atoms with Gasteiger partial charge in [0.1, 0.15) is 0 Å². The highest BCUT2D eigenvalue weighted by atomic mass is 32.1. The molecule has 50 heavy (non-hydrogen) atoms. The number of aromatic nitrogens is 5. The molecule has 0 atom stereocenters. The summed E-state index contributed by atoms with van der Waals surface area (Å²) in [5.74, 6) is 1.94. The van der Waals surface area contributed by atoms with Crippen LogP contribution in [0.3, 0.4) is 0 Å². The second-order valence-electron chi connectivity index (χ2n) is 12.3. The van der Waals surface area contributed by atoms with Crippen molar-refractivity contribution in [2.45, 2.75) is 0 Å². The van der Waals surface area contributed by atoms with Crippen LogP contribution in [0.15, 0.2) is 164 Å². The number of hydrogen-bond acceptors (Lipinski definition) is 5. The highest BCUT2D eigenvalue weighted by Gasteiger charge is 2.23. The maximum atomic E-state index is 5.15. The molecule has 0 fully saturated rings. The topological polar surface area (TPSA) is 56.5 Å². The quantitative estimate of drug-likeness (QED) is 0.185. The molecule has 10 aromatic rings. The molecule has 234 valence electrons. The molecular formula is C44H27N5S. The van der Waals surface area contributed by atoms with Crippen LogP contribution in [-0.4, -0.2) is 24.5 Å². The van der Waals surface area contributed by atoms with Gasteiger partial charge in [-0.3, -0.25) is 4.98 Å². The molecule has 0 aliphatic heterocycles. The van der Waals surface area contributed by atoms with Crippen molar-refractivity contribution in [3.8, 4) is 51.0 Å². The Bertz CT molecular complexity index is 2790. The summed E-state index contributed by atoms with van der Waals surface area (Å²) in [5.41, 5.74) is 8.66. The van der Waals surface area contributed by atoms with E-state index in [4.69, 9.17) is 15.0 Å². The molecule has 6 aromatic carbocycles. The van der Waals surface area contributed by atoms with Gasteiger partial charge in [0.15, 0.2) is 17.5 Å². The van der Waals surface area contributed by atoms with Crippen molar-refractivity contribution < 1.29 is 0 Å². The summed E-state index contributed by atoms with van der Waals surface area (Å²) in [6.45, 7) is 0. The first kappa shape index (κ1) is 28.5. The number of rotatable bonds is 5. The minimum Gasteiger partial charge on any atom is -0.308 e. The number of thiophene rings is 1. The standard InChI is InChI=1S/C44H27N5S/c1-4-12-29(13-5-1)42-46-43(30-14-6-2-7-15-30)48-44(47-42)36-23-20-32(28-24-26-45-27-25-28)38-35-22-21-34-33-18-10-11-19-37(33)49(31-16-8-3-9-17-31)39(34)41(35)50-40(36)38/h1-27H. The molecule has 6 heteroatoms. The smallest absolute Gasteiger partial charge is 0.165 e. The molecule has 0 spiro atoms. The van der Waals surface area contributed by atoms with Crippen LogP contribution in [0.4, 0.5) is 0 Å². The zero-order chi connectivity index (χ0) is 33.0. The van der Waals surface area contributed by atoms with Gasteiger partial charge in [-0.05, 0) is 47.5 Å². The van der Waals surface area contributed by atoms with Crippen molar-refractivity contribution in [1.82, 2.24) is 24.5 Å². The van der Waals surface area contributed by atoms with Crippen LogP contribution in [0.25, 0.3) is 93.0 Å². The molecule has 0 aliphatic rings. The molecule has 0 saturated carbocycles. The summed E-state index contributed by atoms with van der Waals surface area (Å²) >= 11 is 1.81. The average Bonchev–Trinajstić information content (AvgIpc) is 3.75. The Kier molecular flexibility index (Phi) is 6.60. The third-order valence-corrected chi connectivity index (χ3v) is 10.6. The second kappa shape index (κ2) is 11.6. The Morgan fingerprint density at radius 1 is 0.420 bits per heavy atom. The van der Waals surface area contributed by atoms with Crippen molar-refractivity contribution in [2.75, 3.05) is 0 Å². The maximum Gasteiger partial charge on any atom is 0.165 e. The van der Waals surface area contributed by atoms with Crippen molar-refractivity contribution in [2.24, 2.45) is 0 Å². The molecule has 4 aromatic heterocycles. The molecule has 0 bridgehead atoms. The molecule has 4 heterocycles. The number of fused-ring (bicyclic) bond motifs is 7. The number of benzene rings is 6. The summed E-state index contributed by atoms with van der Waals surface area (Å²) in [6.07, 6.45) is 3.72. The van der Waals surface area contributed by atoms with Crippen LogP contribution in [0.2, 0.25) is 0 Å². The zero-order valence-electron chi connectivity index (χ0n) is 26.7. The minimum atomic E-state index is 0.647. The van der Waals surface area contributed by atoms with Gasteiger partial charge in [-0.2, -0.15) is 0 Å². The molecule has 10 rings (SSSR count). The van der Waals surface area contributed by atoms with Gasteiger partial charge in [0.25, 0.3) is 0 Å². The van der Waals surface area contributed by atoms with Crippen LogP contribution in [-0.2, 0) is 0 Å². The summed E-state index contributed by atoms with van der Waals surface area (Å²) in [7, 11) is 0. The van der Waals surface area contributed by atoms with Gasteiger partial charge in [-0.15, -0.1) is 11.3 Å².